The summed E-state index contributed by atoms with van der Waals surface area (Å²) >= 11 is 0. The second-order valence-electron chi connectivity index (χ2n) is 4.17. The van der Waals surface area contributed by atoms with Crippen molar-refractivity contribution in [2.75, 3.05) is 0 Å². The van der Waals surface area contributed by atoms with Crippen LogP contribution in [-0.4, -0.2) is 20.5 Å². The number of sulfonamides is 1. The highest BCUT2D eigenvalue weighted by Crippen LogP contribution is 2.08. The van der Waals surface area contributed by atoms with Crippen molar-refractivity contribution >= 4 is 16.1 Å². The van der Waals surface area contributed by atoms with Gasteiger partial charge in [-0.1, -0.05) is 17.7 Å². The van der Waals surface area contributed by atoms with Crippen LogP contribution in [0.3, 0.4) is 0 Å². The van der Waals surface area contributed by atoms with Crippen LogP contribution in [0.2, 0.25) is 0 Å². The van der Waals surface area contributed by atoms with Gasteiger partial charge in [0.15, 0.2) is 0 Å². The van der Waals surface area contributed by atoms with Crippen molar-refractivity contribution < 1.29 is 13.2 Å². The lowest BCUT2D eigenvalue weighted by atomic mass is 10.2. The van der Waals surface area contributed by atoms with Crippen molar-refractivity contribution in [3.8, 4) is 0 Å². The predicted octanol–water partition coefficient (Wildman–Crippen LogP) is 0.896. The zero-order valence-electron chi connectivity index (χ0n) is 10.5. The van der Waals surface area contributed by atoms with E-state index < -0.39 is 16.1 Å². The Morgan fingerprint density at radius 2 is 1.72 bits per heavy atom. The third kappa shape index (κ3) is 4.34. The predicted molar refractivity (Wildman–Crippen MR) is 68.3 cm³/mol. The number of rotatable bonds is 4. The third-order valence-corrected chi connectivity index (χ3v) is 3.31. The minimum absolute atomic E-state index is 0.0751. The fourth-order valence-electron chi connectivity index (χ4n) is 1.19. The van der Waals surface area contributed by atoms with E-state index in [0.717, 1.165) is 5.56 Å². The molecule has 3 N–H and O–H groups in total. The number of carbonyl (C=O) groups is 1. The first-order valence-corrected chi connectivity index (χ1v) is 6.94. The van der Waals surface area contributed by atoms with Crippen molar-refractivity contribution in [2.24, 2.45) is 0 Å². The smallest absolute Gasteiger partial charge is 0.330 e. The lowest BCUT2D eigenvalue weighted by molar-refractivity contribution is 0.237. The van der Waals surface area contributed by atoms with E-state index in [9.17, 15) is 13.2 Å². The number of benzene rings is 1. The average Bonchev–Trinajstić information content (AvgIpc) is 2.26. The molecule has 1 rings (SSSR count). The van der Waals surface area contributed by atoms with E-state index in [1.54, 1.807) is 26.0 Å². The van der Waals surface area contributed by atoms with E-state index >= 15 is 0 Å². The van der Waals surface area contributed by atoms with E-state index in [4.69, 9.17) is 0 Å². The third-order valence-electron chi connectivity index (χ3n) is 2.05. The van der Waals surface area contributed by atoms with Crippen molar-refractivity contribution in [2.45, 2.75) is 31.7 Å². The fraction of sp³-hybridized carbons (Fsp3) is 0.364. The molecule has 7 heteroatoms. The van der Waals surface area contributed by atoms with Gasteiger partial charge in [-0.3, -0.25) is 5.43 Å². The van der Waals surface area contributed by atoms with Crippen LogP contribution in [0.25, 0.3) is 0 Å². The summed E-state index contributed by atoms with van der Waals surface area (Å²) in [6.45, 7) is 5.40. The zero-order chi connectivity index (χ0) is 13.8. The number of hydrazine groups is 1. The Hall–Kier alpha value is -1.60. The molecule has 0 aromatic heterocycles. The molecule has 1 aromatic rings. The maximum absolute atomic E-state index is 11.8. The molecule has 0 unspecified atom stereocenters. The molecular formula is C11H17N3O3S. The highest BCUT2D eigenvalue weighted by atomic mass is 32.2. The molecule has 0 saturated carbocycles. The SMILES string of the molecule is Cc1ccc(S(=O)(=O)NNC(=O)NC(C)C)cc1. The largest absolute Gasteiger partial charge is 0.335 e. The standard InChI is InChI=1S/C11H17N3O3S/c1-8(2)12-11(15)13-14-18(16,17)10-6-4-9(3)5-7-10/h4-8,14H,1-3H3,(H2,12,13,15). The lowest BCUT2D eigenvalue weighted by Crippen LogP contribution is -2.48. The summed E-state index contributed by atoms with van der Waals surface area (Å²) < 4.78 is 23.6. The Balaban J connectivity index is 2.66. The molecule has 0 aliphatic rings. The quantitative estimate of drug-likeness (QED) is 0.711. The second-order valence-corrected chi connectivity index (χ2v) is 5.85. The van der Waals surface area contributed by atoms with Crippen LogP contribution in [0, 0.1) is 6.92 Å². The van der Waals surface area contributed by atoms with E-state index in [1.807, 2.05) is 11.8 Å². The molecule has 2 amide bonds. The van der Waals surface area contributed by atoms with Crippen molar-refractivity contribution in [3.05, 3.63) is 29.8 Å². The van der Waals surface area contributed by atoms with Crippen molar-refractivity contribution in [3.63, 3.8) is 0 Å². The number of nitrogens with one attached hydrogen (secondary N) is 3. The molecule has 0 atom stereocenters. The number of amides is 2. The second kappa shape index (κ2) is 5.83. The van der Waals surface area contributed by atoms with Crippen molar-refractivity contribution in [1.29, 1.82) is 0 Å². The normalized spacial score (nSPS) is 11.3. The highest BCUT2D eigenvalue weighted by molar-refractivity contribution is 7.89. The molecule has 6 nitrogen and oxygen atoms in total. The highest BCUT2D eigenvalue weighted by Gasteiger charge is 2.14. The van der Waals surface area contributed by atoms with Gasteiger partial charge in [0.25, 0.3) is 10.0 Å². The Morgan fingerprint density at radius 3 is 2.22 bits per heavy atom. The summed E-state index contributed by atoms with van der Waals surface area (Å²) in [7, 11) is -3.73. The summed E-state index contributed by atoms with van der Waals surface area (Å²) in [6, 6.07) is 5.64. The van der Waals surface area contributed by atoms with Crippen LogP contribution in [0.5, 0.6) is 0 Å². The molecule has 18 heavy (non-hydrogen) atoms. The van der Waals surface area contributed by atoms with Gasteiger partial charge in [0, 0.05) is 6.04 Å². The molecular weight excluding hydrogens is 254 g/mol. The van der Waals surface area contributed by atoms with Crippen LogP contribution in [0.4, 0.5) is 4.79 Å². The van der Waals surface area contributed by atoms with Crippen LogP contribution >= 0.6 is 0 Å². The van der Waals surface area contributed by atoms with Gasteiger partial charge in [0.1, 0.15) is 0 Å². The first kappa shape index (κ1) is 14.5. The van der Waals surface area contributed by atoms with Crippen LogP contribution in [-0.2, 0) is 10.0 Å². The summed E-state index contributed by atoms with van der Waals surface area (Å²) in [6.07, 6.45) is 0. The van der Waals surface area contributed by atoms with Crippen LogP contribution in [0.15, 0.2) is 29.2 Å². The Kier molecular flexibility index (Phi) is 4.69. The minimum atomic E-state index is -3.73. The molecule has 0 aliphatic carbocycles. The summed E-state index contributed by atoms with van der Waals surface area (Å²) in [5, 5.41) is 2.50. The lowest BCUT2D eigenvalue weighted by Gasteiger charge is -2.11. The summed E-state index contributed by atoms with van der Waals surface area (Å²) in [5.41, 5.74) is 3.04. The number of hydrogen-bond acceptors (Lipinski definition) is 3. The van der Waals surface area contributed by atoms with Crippen molar-refractivity contribution in [1.82, 2.24) is 15.6 Å². The maximum Gasteiger partial charge on any atom is 0.330 e. The van der Waals surface area contributed by atoms with Gasteiger partial charge in [0.05, 0.1) is 4.90 Å². The fourth-order valence-corrected chi connectivity index (χ4v) is 2.03. The molecule has 0 radical (unpaired) electrons. The van der Waals surface area contributed by atoms with Gasteiger partial charge in [0.2, 0.25) is 0 Å². The van der Waals surface area contributed by atoms with Crippen LogP contribution in [0.1, 0.15) is 19.4 Å². The summed E-state index contributed by atoms with van der Waals surface area (Å²) in [5.74, 6) is 0. The molecule has 100 valence electrons. The number of urea groups is 1. The van der Waals surface area contributed by atoms with E-state index in [-0.39, 0.29) is 10.9 Å². The molecule has 0 spiro atoms. The van der Waals surface area contributed by atoms with Gasteiger partial charge >= 0.3 is 6.03 Å². The summed E-state index contributed by atoms with van der Waals surface area (Å²) in [4.78, 5) is 13.3. The Labute approximate surface area is 107 Å². The number of carbonyl (C=O) groups excluding carboxylic acids is 1. The Morgan fingerprint density at radius 1 is 1.17 bits per heavy atom. The van der Waals surface area contributed by atoms with Gasteiger partial charge in [-0.25, -0.2) is 13.2 Å². The van der Waals surface area contributed by atoms with Gasteiger partial charge in [-0.2, -0.15) is 0 Å². The molecule has 1 aromatic carbocycles. The number of hydrogen-bond donors (Lipinski definition) is 3. The van der Waals surface area contributed by atoms with E-state index in [2.05, 4.69) is 10.7 Å². The topological polar surface area (TPSA) is 87.3 Å². The van der Waals surface area contributed by atoms with E-state index in [1.165, 1.54) is 12.1 Å². The molecule has 0 heterocycles. The molecule has 0 aliphatic heterocycles. The first-order valence-electron chi connectivity index (χ1n) is 5.46. The minimum Gasteiger partial charge on any atom is -0.335 e. The monoisotopic (exact) mass is 271 g/mol. The van der Waals surface area contributed by atoms with E-state index in [0.29, 0.717) is 0 Å². The molecule has 0 saturated heterocycles. The van der Waals surface area contributed by atoms with Crippen LogP contribution < -0.4 is 15.6 Å². The number of aryl methyl sites for hydroxylation is 1. The maximum atomic E-state index is 11.8. The van der Waals surface area contributed by atoms with Gasteiger partial charge < -0.3 is 5.32 Å². The molecule has 0 bridgehead atoms. The first-order chi connectivity index (χ1) is 8.31. The van der Waals surface area contributed by atoms with Gasteiger partial charge in [-0.05, 0) is 32.9 Å². The Bertz CT molecular complexity index is 509. The van der Waals surface area contributed by atoms with Gasteiger partial charge in [-0.15, -0.1) is 4.83 Å². The average molecular weight is 271 g/mol. The molecule has 0 fully saturated rings. The zero-order valence-corrected chi connectivity index (χ0v) is 11.3.